The number of ketones is 1. The van der Waals surface area contributed by atoms with Crippen LogP contribution in [0.3, 0.4) is 0 Å². The molecule has 0 aromatic heterocycles. The highest BCUT2D eigenvalue weighted by Crippen LogP contribution is 2.26. The van der Waals surface area contributed by atoms with E-state index < -0.39 is 5.82 Å². The number of benzene rings is 2. The van der Waals surface area contributed by atoms with Crippen LogP contribution in [0.5, 0.6) is 0 Å². The molecule has 0 heterocycles. The maximum Gasteiger partial charge on any atom is 0.194 e. The molecule has 0 radical (unpaired) electrons. The molecule has 0 saturated carbocycles. The second kappa shape index (κ2) is 4.86. The summed E-state index contributed by atoms with van der Waals surface area (Å²) in [6.45, 7) is 0. The number of rotatable bonds is 2. The minimum atomic E-state index is -0.638. The fourth-order valence-corrected chi connectivity index (χ4v) is 1.84. The van der Waals surface area contributed by atoms with Gasteiger partial charge in [-0.25, -0.2) is 4.39 Å². The molecule has 2 rings (SSSR count). The quantitative estimate of drug-likeness (QED) is 0.584. The van der Waals surface area contributed by atoms with Crippen molar-refractivity contribution in [2.24, 2.45) is 0 Å². The van der Waals surface area contributed by atoms with Crippen LogP contribution in [0.1, 0.15) is 15.9 Å². The lowest BCUT2D eigenvalue weighted by atomic mass is 10.0. The first-order valence-corrected chi connectivity index (χ1v) is 5.59. The van der Waals surface area contributed by atoms with Crippen molar-refractivity contribution in [1.29, 1.82) is 0 Å². The molecule has 0 spiro atoms. The lowest BCUT2D eigenvalue weighted by Gasteiger charge is -2.05. The van der Waals surface area contributed by atoms with Gasteiger partial charge in [0.2, 0.25) is 0 Å². The molecule has 0 aliphatic rings. The molecule has 4 heteroatoms. The Balaban J connectivity index is 2.48. The van der Waals surface area contributed by atoms with Crippen molar-refractivity contribution in [3.8, 4) is 0 Å². The van der Waals surface area contributed by atoms with E-state index in [1.165, 1.54) is 6.07 Å². The zero-order valence-electron chi connectivity index (χ0n) is 8.58. The first-order chi connectivity index (χ1) is 8.09. The van der Waals surface area contributed by atoms with Crippen LogP contribution >= 0.6 is 23.2 Å². The Bertz CT molecular complexity index is 567. The number of carbonyl (C=O) groups is 1. The smallest absolute Gasteiger partial charge is 0.194 e. The van der Waals surface area contributed by atoms with Crippen molar-refractivity contribution >= 4 is 29.0 Å². The lowest BCUT2D eigenvalue weighted by molar-refractivity contribution is 0.103. The van der Waals surface area contributed by atoms with E-state index in [-0.39, 0.29) is 21.4 Å². The summed E-state index contributed by atoms with van der Waals surface area (Å²) in [5.41, 5.74) is 0.682. The molecule has 2 aromatic carbocycles. The maximum absolute atomic E-state index is 13.1. The molecule has 17 heavy (non-hydrogen) atoms. The second-order valence-electron chi connectivity index (χ2n) is 3.44. The Morgan fingerprint density at radius 2 is 1.65 bits per heavy atom. The van der Waals surface area contributed by atoms with Crippen molar-refractivity contribution in [3.05, 3.63) is 69.5 Å². The van der Waals surface area contributed by atoms with Crippen molar-refractivity contribution in [2.75, 3.05) is 0 Å². The average molecular weight is 269 g/mol. The summed E-state index contributed by atoms with van der Waals surface area (Å²) >= 11 is 11.5. The third-order valence-corrected chi connectivity index (χ3v) is 2.89. The van der Waals surface area contributed by atoms with E-state index in [1.54, 1.807) is 30.3 Å². The first kappa shape index (κ1) is 12.1. The monoisotopic (exact) mass is 268 g/mol. The van der Waals surface area contributed by atoms with Crippen LogP contribution in [0.25, 0.3) is 0 Å². The Kier molecular flexibility index (Phi) is 3.46. The Hall–Kier alpha value is -1.38. The van der Waals surface area contributed by atoms with Crippen LogP contribution < -0.4 is 0 Å². The van der Waals surface area contributed by atoms with Crippen LogP contribution in [0.2, 0.25) is 10.0 Å². The van der Waals surface area contributed by atoms with E-state index in [4.69, 9.17) is 23.2 Å². The fraction of sp³-hybridized carbons (Fsp3) is 0. The predicted octanol–water partition coefficient (Wildman–Crippen LogP) is 4.36. The zero-order valence-corrected chi connectivity index (χ0v) is 10.1. The Morgan fingerprint density at radius 1 is 1.00 bits per heavy atom. The summed E-state index contributed by atoms with van der Waals surface area (Å²) in [5, 5.41) is -0.0607. The van der Waals surface area contributed by atoms with Crippen LogP contribution in [0.15, 0.2) is 42.5 Å². The Morgan fingerprint density at radius 3 is 2.29 bits per heavy atom. The largest absolute Gasteiger partial charge is 0.289 e. The lowest BCUT2D eigenvalue weighted by Crippen LogP contribution is -2.02. The van der Waals surface area contributed by atoms with E-state index in [0.29, 0.717) is 5.56 Å². The third-order valence-electron chi connectivity index (χ3n) is 2.29. The van der Waals surface area contributed by atoms with Gasteiger partial charge in [-0.05, 0) is 12.1 Å². The highest BCUT2D eigenvalue weighted by molar-refractivity contribution is 6.36. The summed E-state index contributed by atoms with van der Waals surface area (Å²) < 4.78 is 13.1. The molecule has 0 atom stereocenters. The van der Waals surface area contributed by atoms with Gasteiger partial charge in [-0.2, -0.15) is 0 Å². The zero-order chi connectivity index (χ0) is 12.4. The van der Waals surface area contributed by atoms with Gasteiger partial charge in [0.15, 0.2) is 5.78 Å². The molecule has 0 aliphatic carbocycles. The summed E-state index contributed by atoms with van der Waals surface area (Å²) in [4.78, 5) is 12.1. The molecule has 2 aromatic rings. The molecule has 0 aliphatic heterocycles. The van der Waals surface area contributed by atoms with Gasteiger partial charge >= 0.3 is 0 Å². The number of carbonyl (C=O) groups excluding carboxylic acids is 1. The van der Waals surface area contributed by atoms with E-state index in [0.717, 1.165) is 6.07 Å². The number of halogens is 3. The van der Waals surface area contributed by atoms with Crippen molar-refractivity contribution in [2.45, 2.75) is 0 Å². The maximum atomic E-state index is 13.1. The summed E-state index contributed by atoms with van der Waals surface area (Å²) in [7, 11) is 0. The van der Waals surface area contributed by atoms with Gasteiger partial charge in [0.05, 0.1) is 10.0 Å². The van der Waals surface area contributed by atoms with Crippen LogP contribution in [-0.2, 0) is 0 Å². The standard InChI is InChI=1S/C13H7Cl2FO/c14-10-7-12(16)11(15)6-9(10)13(17)8-4-2-1-3-5-8/h1-7H. The molecule has 0 amide bonds. The molecule has 0 fully saturated rings. The van der Waals surface area contributed by atoms with Gasteiger partial charge in [-0.15, -0.1) is 0 Å². The second-order valence-corrected chi connectivity index (χ2v) is 4.26. The highest BCUT2D eigenvalue weighted by atomic mass is 35.5. The minimum absolute atomic E-state index is 0.0563. The molecule has 0 unspecified atom stereocenters. The van der Waals surface area contributed by atoms with Crippen molar-refractivity contribution in [1.82, 2.24) is 0 Å². The van der Waals surface area contributed by atoms with E-state index in [1.807, 2.05) is 0 Å². The number of hydrogen-bond donors (Lipinski definition) is 0. The topological polar surface area (TPSA) is 17.1 Å². The van der Waals surface area contributed by atoms with E-state index in [9.17, 15) is 9.18 Å². The van der Waals surface area contributed by atoms with E-state index in [2.05, 4.69) is 0 Å². The minimum Gasteiger partial charge on any atom is -0.289 e. The normalized spacial score (nSPS) is 10.3. The SMILES string of the molecule is O=C(c1ccccc1)c1cc(Cl)c(F)cc1Cl. The molecule has 0 bridgehead atoms. The third kappa shape index (κ3) is 2.48. The summed E-state index contributed by atoms with van der Waals surface area (Å²) in [6, 6.07) is 10.9. The van der Waals surface area contributed by atoms with Gasteiger partial charge in [0.25, 0.3) is 0 Å². The van der Waals surface area contributed by atoms with Gasteiger partial charge in [0, 0.05) is 11.1 Å². The van der Waals surface area contributed by atoms with E-state index >= 15 is 0 Å². The summed E-state index contributed by atoms with van der Waals surface area (Å²) in [6.07, 6.45) is 0. The van der Waals surface area contributed by atoms with Gasteiger partial charge < -0.3 is 0 Å². The molecule has 0 saturated heterocycles. The van der Waals surface area contributed by atoms with Crippen molar-refractivity contribution in [3.63, 3.8) is 0 Å². The number of hydrogen-bond acceptors (Lipinski definition) is 1. The Labute approximate surface area is 108 Å². The predicted molar refractivity (Wildman–Crippen MR) is 66.3 cm³/mol. The highest BCUT2D eigenvalue weighted by Gasteiger charge is 2.15. The molecule has 1 nitrogen and oxygen atoms in total. The van der Waals surface area contributed by atoms with Crippen LogP contribution in [0.4, 0.5) is 4.39 Å². The van der Waals surface area contributed by atoms with Gasteiger partial charge in [-0.3, -0.25) is 4.79 Å². The molecule has 86 valence electrons. The first-order valence-electron chi connectivity index (χ1n) is 4.84. The molecular weight excluding hydrogens is 262 g/mol. The molecular formula is C13H7Cl2FO. The summed E-state index contributed by atoms with van der Waals surface area (Å²) in [5.74, 6) is -0.918. The van der Waals surface area contributed by atoms with Gasteiger partial charge in [0.1, 0.15) is 5.82 Å². The van der Waals surface area contributed by atoms with Crippen LogP contribution in [0, 0.1) is 5.82 Å². The van der Waals surface area contributed by atoms with Crippen molar-refractivity contribution < 1.29 is 9.18 Å². The molecule has 0 N–H and O–H groups in total. The average Bonchev–Trinajstić information content (AvgIpc) is 2.34. The fourth-order valence-electron chi connectivity index (χ4n) is 1.44. The van der Waals surface area contributed by atoms with Crippen LogP contribution in [-0.4, -0.2) is 5.78 Å². The van der Waals surface area contributed by atoms with Gasteiger partial charge in [-0.1, -0.05) is 53.5 Å².